The number of terminal acetylenes is 1. The van der Waals surface area contributed by atoms with Crippen LogP contribution in [-0.2, 0) is 16.0 Å². The number of benzene rings is 1. The highest BCUT2D eigenvalue weighted by atomic mass is 16.3. The summed E-state index contributed by atoms with van der Waals surface area (Å²) in [6.45, 7) is 6.26. The molecule has 0 bridgehead atoms. The number of carbonyl (C=O) groups is 2. The Morgan fingerprint density at radius 2 is 1.93 bits per heavy atom. The number of Topliss-reactive ketones (excluding diaryl/α,β-unsaturated/α-hetero) is 1. The minimum absolute atomic E-state index is 0.00912. The molecule has 0 amide bonds. The molecule has 0 heterocycles. The van der Waals surface area contributed by atoms with Crippen LogP contribution in [-0.4, -0.2) is 69.7 Å². The fourth-order valence-electron chi connectivity index (χ4n) is 8.33. The number of aliphatic hydroxyl groups is 3. The molecular weight excluding hydrogens is 502 g/mol. The second-order valence-corrected chi connectivity index (χ2v) is 12.8. The first-order chi connectivity index (χ1) is 18.9. The van der Waals surface area contributed by atoms with Gasteiger partial charge in [-0.05, 0) is 82.0 Å². The monoisotopic (exact) mass is 547 g/mol. The van der Waals surface area contributed by atoms with Crippen LogP contribution in [0.1, 0.15) is 58.4 Å². The van der Waals surface area contributed by atoms with Crippen molar-refractivity contribution >= 4 is 11.6 Å². The van der Waals surface area contributed by atoms with Gasteiger partial charge in [0.25, 0.3) is 0 Å². The van der Waals surface area contributed by atoms with E-state index in [0.717, 1.165) is 31.3 Å². The van der Waals surface area contributed by atoms with Gasteiger partial charge in [-0.25, -0.2) is 0 Å². The lowest BCUT2D eigenvalue weighted by Crippen LogP contribution is -2.61. The Hall–Kier alpha value is -2.56. The van der Waals surface area contributed by atoms with Gasteiger partial charge in [-0.1, -0.05) is 61.7 Å². The SMILES string of the molecule is C#CCN(C)[C@H](C)Cc1ccccc1.C[C@]12C=CC(=O)C=C1CC[C@@H]1[C@@H]2[C@@H](O)C[C@@]2(C)[C@H]1CC[C@]2(O)C(=O)CO. The van der Waals surface area contributed by atoms with Gasteiger partial charge >= 0.3 is 0 Å². The van der Waals surface area contributed by atoms with Gasteiger partial charge in [-0.3, -0.25) is 14.5 Å². The van der Waals surface area contributed by atoms with Gasteiger partial charge in [-0.15, -0.1) is 6.42 Å². The maximum Gasteiger partial charge on any atom is 0.190 e. The number of rotatable bonds is 6. The average Bonchev–Trinajstić information content (AvgIpc) is 3.20. The number of hydrogen-bond acceptors (Lipinski definition) is 6. The average molecular weight is 548 g/mol. The maximum absolute atomic E-state index is 12.4. The molecule has 4 aliphatic rings. The number of allylic oxidation sites excluding steroid dienone is 4. The molecule has 5 rings (SSSR count). The molecule has 1 aromatic carbocycles. The van der Waals surface area contributed by atoms with Crippen molar-refractivity contribution in [1.82, 2.24) is 4.90 Å². The van der Waals surface area contributed by atoms with Crippen LogP contribution in [0.15, 0.2) is 54.1 Å². The first-order valence-electron chi connectivity index (χ1n) is 14.6. The first-order valence-corrected chi connectivity index (χ1v) is 14.6. The smallest absolute Gasteiger partial charge is 0.190 e. The van der Waals surface area contributed by atoms with Crippen molar-refractivity contribution in [3.8, 4) is 12.3 Å². The molecule has 0 aliphatic heterocycles. The summed E-state index contributed by atoms with van der Waals surface area (Å²) < 4.78 is 0. The van der Waals surface area contributed by atoms with Crippen LogP contribution in [0.25, 0.3) is 0 Å². The number of nitrogens with zero attached hydrogens (tertiary/aromatic N) is 1. The van der Waals surface area contributed by atoms with Gasteiger partial charge in [-0.2, -0.15) is 0 Å². The Morgan fingerprint density at radius 3 is 2.58 bits per heavy atom. The Kier molecular flexibility index (Phi) is 8.92. The standard InChI is InChI=1S/C21H28O5.C13H17N/c1-19-7-5-13(23)9-12(19)3-4-14-15-6-8-21(26,17(25)11-22)20(15,2)10-16(24)18(14)19;1-4-10-14(3)12(2)11-13-8-6-5-7-9-13/h5,7,9,14-16,18,22,24,26H,3-4,6,8,10-11H2,1-2H3;1,5-9,12H,10-11H2,2-3H3/t14-,15-,16-,18+,19-,20-,21-;12-/m01/s1. The van der Waals surface area contributed by atoms with Crippen LogP contribution in [0.4, 0.5) is 0 Å². The minimum Gasteiger partial charge on any atom is -0.393 e. The highest BCUT2D eigenvalue weighted by molar-refractivity contribution is 6.01. The van der Waals surface area contributed by atoms with Gasteiger partial charge in [0.1, 0.15) is 12.2 Å². The van der Waals surface area contributed by atoms with Gasteiger partial charge < -0.3 is 15.3 Å². The van der Waals surface area contributed by atoms with E-state index in [2.05, 4.69) is 56.0 Å². The molecule has 3 N–H and O–H groups in total. The van der Waals surface area contributed by atoms with Gasteiger partial charge in [0, 0.05) is 22.8 Å². The number of ketones is 2. The van der Waals surface area contributed by atoms with E-state index in [4.69, 9.17) is 6.42 Å². The van der Waals surface area contributed by atoms with Gasteiger partial charge in [0.2, 0.25) is 0 Å². The minimum atomic E-state index is -1.56. The van der Waals surface area contributed by atoms with Crippen molar-refractivity contribution in [3.05, 3.63) is 59.7 Å². The molecule has 6 nitrogen and oxygen atoms in total. The zero-order valence-electron chi connectivity index (χ0n) is 24.3. The van der Waals surface area contributed by atoms with E-state index in [-0.39, 0.29) is 29.0 Å². The van der Waals surface area contributed by atoms with Crippen molar-refractivity contribution in [2.75, 3.05) is 20.2 Å². The number of carbonyl (C=O) groups excluding carboxylic acids is 2. The summed E-state index contributed by atoms with van der Waals surface area (Å²) in [6.07, 6.45) is 14.0. The maximum atomic E-state index is 12.4. The number of aliphatic hydroxyl groups excluding tert-OH is 2. The van der Waals surface area contributed by atoms with Crippen LogP contribution >= 0.6 is 0 Å². The topological polar surface area (TPSA) is 98.1 Å². The van der Waals surface area contributed by atoms with Crippen molar-refractivity contribution in [3.63, 3.8) is 0 Å². The summed E-state index contributed by atoms with van der Waals surface area (Å²) >= 11 is 0. The fraction of sp³-hybridized carbons (Fsp3) is 0.588. The second-order valence-electron chi connectivity index (χ2n) is 12.8. The van der Waals surface area contributed by atoms with Crippen LogP contribution in [0.2, 0.25) is 0 Å². The Balaban J connectivity index is 0.000000224. The number of likely N-dealkylation sites (N-methyl/N-ethyl adjacent to an activating group) is 1. The highest BCUT2D eigenvalue weighted by Gasteiger charge is 2.67. The molecule has 40 heavy (non-hydrogen) atoms. The fourth-order valence-corrected chi connectivity index (χ4v) is 8.33. The second kappa shape index (κ2) is 11.7. The largest absolute Gasteiger partial charge is 0.393 e. The summed E-state index contributed by atoms with van der Waals surface area (Å²) in [5.74, 6) is 2.43. The third kappa shape index (κ3) is 5.25. The van der Waals surface area contributed by atoms with E-state index in [1.54, 1.807) is 12.2 Å². The summed E-state index contributed by atoms with van der Waals surface area (Å²) in [5, 5.41) is 31.7. The van der Waals surface area contributed by atoms with E-state index in [0.29, 0.717) is 25.4 Å². The van der Waals surface area contributed by atoms with Crippen LogP contribution < -0.4 is 0 Å². The Labute approximate surface area is 239 Å². The van der Waals surface area contributed by atoms with Crippen LogP contribution in [0.5, 0.6) is 0 Å². The van der Waals surface area contributed by atoms with Crippen molar-refractivity contribution in [2.24, 2.45) is 28.6 Å². The van der Waals surface area contributed by atoms with Crippen molar-refractivity contribution < 1.29 is 24.9 Å². The van der Waals surface area contributed by atoms with E-state index in [1.807, 2.05) is 19.1 Å². The summed E-state index contributed by atoms with van der Waals surface area (Å²) in [4.78, 5) is 26.3. The molecule has 6 heteroatoms. The molecule has 0 unspecified atom stereocenters. The zero-order chi connectivity index (χ0) is 29.3. The predicted molar refractivity (Wildman–Crippen MR) is 156 cm³/mol. The normalized spacial score (nSPS) is 36.8. The summed E-state index contributed by atoms with van der Waals surface area (Å²) in [7, 11) is 2.06. The number of hydrogen-bond donors (Lipinski definition) is 3. The highest BCUT2D eigenvalue weighted by Crippen LogP contribution is 2.67. The van der Waals surface area contributed by atoms with E-state index in [1.165, 1.54) is 5.56 Å². The summed E-state index contributed by atoms with van der Waals surface area (Å²) in [6, 6.07) is 11.0. The molecule has 1 aromatic rings. The molecule has 0 radical (unpaired) electrons. The van der Waals surface area contributed by atoms with E-state index in [9.17, 15) is 24.9 Å². The lowest BCUT2D eigenvalue weighted by molar-refractivity contribution is -0.178. The number of fused-ring (bicyclic) bond motifs is 5. The molecule has 3 saturated carbocycles. The summed E-state index contributed by atoms with van der Waals surface area (Å²) in [5.41, 5.74) is -0.177. The molecule has 0 saturated heterocycles. The Bertz CT molecular complexity index is 1200. The van der Waals surface area contributed by atoms with E-state index < -0.39 is 29.5 Å². The molecule has 3 fully saturated rings. The van der Waals surface area contributed by atoms with Crippen molar-refractivity contribution in [1.29, 1.82) is 0 Å². The lowest BCUT2D eigenvalue weighted by atomic mass is 9.46. The third-order valence-electron chi connectivity index (χ3n) is 10.7. The molecule has 0 spiro atoms. The van der Waals surface area contributed by atoms with E-state index >= 15 is 0 Å². The molecule has 0 aromatic heterocycles. The Morgan fingerprint density at radius 1 is 1.23 bits per heavy atom. The lowest BCUT2D eigenvalue weighted by Gasteiger charge is -2.59. The van der Waals surface area contributed by atoms with Gasteiger partial charge in [0.05, 0.1) is 12.6 Å². The first kappa shape index (κ1) is 30.4. The molecular formula is C34H45NO5. The van der Waals surface area contributed by atoms with Crippen LogP contribution in [0.3, 0.4) is 0 Å². The van der Waals surface area contributed by atoms with Crippen LogP contribution in [0, 0.1) is 40.9 Å². The van der Waals surface area contributed by atoms with Crippen molar-refractivity contribution in [2.45, 2.75) is 77.0 Å². The molecule has 216 valence electrons. The quantitative estimate of drug-likeness (QED) is 0.470. The zero-order valence-corrected chi connectivity index (χ0v) is 24.3. The molecule has 8 atom stereocenters. The predicted octanol–water partition coefficient (Wildman–Crippen LogP) is 3.74. The molecule has 4 aliphatic carbocycles. The van der Waals surface area contributed by atoms with Gasteiger partial charge in [0.15, 0.2) is 11.6 Å². The third-order valence-corrected chi connectivity index (χ3v) is 10.7.